The maximum Gasteiger partial charge on any atom is 0.237 e. The van der Waals surface area contributed by atoms with Crippen LogP contribution in [0.1, 0.15) is 38.7 Å². The van der Waals surface area contributed by atoms with Crippen LogP contribution in [0.25, 0.3) is 0 Å². The van der Waals surface area contributed by atoms with Crippen molar-refractivity contribution in [2.75, 3.05) is 26.2 Å². The monoisotopic (exact) mass is 322 g/mol. The minimum atomic E-state index is -0.313. The molecule has 1 unspecified atom stereocenters. The van der Waals surface area contributed by atoms with E-state index in [1.54, 1.807) is 11.0 Å². The maximum atomic E-state index is 13.3. The zero-order chi connectivity index (χ0) is 16.9. The Hall–Kier alpha value is -1.46. The number of aliphatic hydroxyl groups excluding tert-OH is 1. The number of likely N-dealkylation sites (tertiary alicyclic amines) is 1. The number of halogens is 1. The van der Waals surface area contributed by atoms with E-state index in [2.05, 4.69) is 4.90 Å². The molecule has 128 valence electrons. The van der Waals surface area contributed by atoms with E-state index in [1.807, 2.05) is 19.9 Å². The van der Waals surface area contributed by atoms with Crippen molar-refractivity contribution in [2.45, 2.75) is 45.2 Å². The van der Waals surface area contributed by atoms with Gasteiger partial charge in [0.25, 0.3) is 0 Å². The molecule has 23 heavy (non-hydrogen) atoms. The van der Waals surface area contributed by atoms with Crippen molar-refractivity contribution in [3.63, 3.8) is 0 Å². The van der Waals surface area contributed by atoms with Crippen LogP contribution in [0.3, 0.4) is 0 Å². The third-order valence-electron chi connectivity index (χ3n) is 4.82. The second-order valence-electron chi connectivity index (χ2n) is 6.57. The number of carbonyl (C=O) groups excluding carboxylic acids is 1. The standard InChI is InChI=1S/C18H27FN2O2/c1-3-20(12-15-7-6-8-16(19)11-15)17(23)13-21-10-5-4-9-18(21,2)14-22/h6-8,11,22H,3-5,9-10,12-14H2,1-2H3. The summed E-state index contributed by atoms with van der Waals surface area (Å²) in [5.41, 5.74) is 0.482. The Kier molecular flexibility index (Phi) is 6.13. The van der Waals surface area contributed by atoms with Gasteiger partial charge in [0.15, 0.2) is 0 Å². The molecule has 1 N–H and O–H groups in total. The van der Waals surface area contributed by atoms with Gasteiger partial charge in [0.2, 0.25) is 5.91 Å². The molecule has 1 aliphatic rings. The molecule has 0 aliphatic carbocycles. The summed E-state index contributed by atoms with van der Waals surface area (Å²) >= 11 is 0. The molecule has 5 heteroatoms. The largest absolute Gasteiger partial charge is 0.394 e. The number of hydrogen-bond donors (Lipinski definition) is 1. The van der Waals surface area contributed by atoms with E-state index in [9.17, 15) is 14.3 Å². The van der Waals surface area contributed by atoms with Gasteiger partial charge in [-0.2, -0.15) is 0 Å². The van der Waals surface area contributed by atoms with Crippen LogP contribution in [-0.2, 0) is 11.3 Å². The highest BCUT2D eigenvalue weighted by Gasteiger charge is 2.35. The average molecular weight is 322 g/mol. The number of amides is 1. The van der Waals surface area contributed by atoms with Crippen LogP contribution in [-0.4, -0.2) is 52.6 Å². The molecule has 1 atom stereocenters. The van der Waals surface area contributed by atoms with E-state index < -0.39 is 0 Å². The number of aliphatic hydroxyl groups is 1. The zero-order valence-corrected chi connectivity index (χ0v) is 14.1. The van der Waals surface area contributed by atoms with Gasteiger partial charge in [0.05, 0.1) is 13.2 Å². The lowest BCUT2D eigenvalue weighted by molar-refractivity contribution is -0.135. The normalized spacial score (nSPS) is 22.1. The Morgan fingerprint density at radius 3 is 2.87 bits per heavy atom. The molecule has 1 aliphatic heterocycles. The molecule has 1 saturated heterocycles. The van der Waals surface area contributed by atoms with Crippen LogP contribution in [0.2, 0.25) is 0 Å². The number of likely N-dealkylation sites (N-methyl/N-ethyl adjacent to an activating group) is 1. The zero-order valence-electron chi connectivity index (χ0n) is 14.1. The van der Waals surface area contributed by atoms with Crippen molar-refractivity contribution in [3.8, 4) is 0 Å². The molecule has 1 fully saturated rings. The molecule has 2 rings (SSSR count). The van der Waals surface area contributed by atoms with Crippen LogP contribution in [0.5, 0.6) is 0 Å². The van der Waals surface area contributed by atoms with Crippen LogP contribution < -0.4 is 0 Å². The Morgan fingerprint density at radius 1 is 1.43 bits per heavy atom. The van der Waals surface area contributed by atoms with E-state index >= 15 is 0 Å². The summed E-state index contributed by atoms with van der Waals surface area (Å²) in [5.74, 6) is -0.256. The summed E-state index contributed by atoms with van der Waals surface area (Å²) in [6, 6.07) is 6.37. The quantitative estimate of drug-likeness (QED) is 0.875. The molecule has 1 amide bonds. The van der Waals surface area contributed by atoms with E-state index in [-0.39, 0.29) is 23.9 Å². The van der Waals surface area contributed by atoms with Crippen LogP contribution >= 0.6 is 0 Å². The molecule has 0 radical (unpaired) electrons. The first-order valence-electron chi connectivity index (χ1n) is 8.36. The Labute approximate surface area is 137 Å². The lowest BCUT2D eigenvalue weighted by Crippen LogP contribution is -2.55. The Morgan fingerprint density at radius 2 is 2.22 bits per heavy atom. The fourth-order valence-electron chi connectivity index (χ4n) is 3.18. The van der Waals surface area contributed by atoms with E-state index in [4.69, 9.17) is 0 Å². The van der Waals surface area contributed by atoms with Gasteiger partial charge in [-0.1, -0.05) is 18.6 Å². The molecule has 0 spiro atoms. The summed E-state index contributed by atoms with van der Waals surface area (Å²) in [5, 5.41) is 9.69. The van der Waals surface area contributed by atoms with Gasteiger partial charge in [-0.3, -0.25) is 9.69 Å². The first-order chi connectivity index (χ1) is 11.0. The van der Waals surface area contributed by atoms with Crippen LogP contribution in [0, 0.1) is 5.82 Å². The molecule has 1 aromatic rings. The van der Waals surface area contributed by atoms with Crippen molar-refractivity contribution < 1.29 is 14.3 Å². The van der Waals surface area contributed by atoms with Gasteiger partial charge in [-0.15, -0.1) is 0 Å². The number of benzene rings is 1. The fraction of sp³-hybridized carbons (Fsp3) is 0.611. The molecule has 1 aromatic carbocycles. The first-order valence-corrected chi connectivity index (χ1v) is 8.36. The smallest absolute Gasteiger partial charge is 0.237 e. The molecule has 4 nitrogen and oxygen atoms in total. The molecule has 1 heterocycles. The minimum Gasteiger partial charge on any atom is -0.394 e. The molecular weight excluding hydrogens is 295 g/mol. The second-order valence-corrected chi connectivity index (χ2v) is 6.57. The highest BCUT2D eigenvalue weighted by Crippen LogP contribution is 2.27. The van der Waals surface area contributed by atoms with Crippen molar-refractivity contribution in [3.05, 3.63) is 35.6 Å². The van der Waals surface area contributed by atoms with E-state index in [1.165, 1.54) is 12.1 Å². The summed E-state index contributed by atoms with van der Waals surface area (Å²) in [4.78, 5) is 16.5. The average Bonchev–Trinajstić information content (AvgIpc) is 2.54. The van der Waals surface area contributed by atoms with Gasteiger partial charge in [-0.25, -0.2) is 4.39 Å². The number of hydrogen-bond acceptors (Lipinski definition) is 3. The lowest BCUT2D eigenvalue weighted by atomic mass is 9.89. The molecule has 0 saturated carbocycles. The summed E-state index contributed by atoms with van der Waals surface area (Å²) in [7, 11) is 0. The summed E-state index contributed by atoms with van der Waals surface area (Å²) < 4.78 is 13.3. The van der Waals surface area contributed by atoms with Crippen LogP contribution in [0.15, 0.2) is 24.3 Å². The van der Waals surface area contributed by atoms with Gasteiger partial charge >= 0.3 is 0 Å². The number of carbonyl (C=O) groups is 1. The third kappa shape index (κ3) is 4.52. The second kappa shape index (κ2) is 7.88. The summed E-state index contributed by atoms with van der Waals surface area (Å²) in [6.07, 6.45) is 3.05. The molecular formula is C18H27FN2O2. The van der Waals surface area contributed by atoms with E-state index in [0.717, 1.165) is 31.4 Å². The van der Waals surface area contributed by atoms with Crippen LogP contribution in [0.4, 0.5) is 4.39 Å². The van der Waals surface area contributed by atoms with E-state index in [0.29, 0.717) is 19.6 Å². The number of piperidine rings is 1. The topological polar surface area (TPSA) is 43.8 Å². The van der Waals surface area contributed by atoms with Gasteiger partial charge < -0.3 is 10.0 Å². The highest BCUT2D eigenvalue weighted by molar-refractivity contribution is 5.78. The fourth-order valence-corrected chi connectivity index (χ4v) is 3.18. The van der Waals surface area contributed by atoms with Crippen molar-refractivity contribution >= 4 is 5.91 Å². The van der Waals surface area contributed by atoms with Gasteiger partial charge in [-0.05, 0) is 50.9 Å². The third-order valence-corrected chi connectivity index (χ3v) is 4.82. The summed E-state index contributed by atoms with van der Waals surface area (Å²) in [6.45, 7) is 6.15. The van der Waals surface area contributed by atoms with Gasteiger partial charge in [0, 0.05) is 18.6 Å². The maximum absolute atomic E-state index is 13.3. The Bertz CT molecular complexity index is 538. The number of rotatable bonds is 6. The Balaban J connectivity index is 2.02. The highest BCUT2D eigenvalue weighted by atomic mass is 19.1. The minimum absolute atomic E-state index is 0.0262. The number of nitrogens with zero attached hydrogens (tertiary/aromatic N) is 2. The van der Waals surface area contributed by atoms with Crippen molar-refractivity contribution in [2.24, 2.45) is 0 Å². The first kappa shape index (κ1) is 17.9. The predicted molar refractivity (Wildman–Crippen MR) is 88.4 cm³/mol. The molecule has 0 bridgehead atoms. The lowest BCUT2D eigenvalue weighted by Gasteiger charge is -2.44. The van der Waals surface area contributed by atoms with Crippen molar-refractivity contribution in [1.82, 2.24) is 9.80 Å². The predicted octanol–water partition coefficient (Wildman–Crippen LogP) is 2.41. The molecule has 0 aromatic heterocycles. The van der Waals surface area contributed by atoms with Crippen molar-refractivity contribution in [1.29, 1.82) is 0 Å². The SMILES string of the molecule is CCN(Cc1cccc(F)c1)C(=O)CN1CCCCC1(C)CO. The van der Waals surface area contributed by atoms with Gasteiger partial charge in [0.1, 0.15) is 5.82 Å².